The van der Waals surface area contributed by atoms with Crippen molar-refractivity contribution in [3.8, 4) is 0 Å². The van der Waals surface area contributed by atoms with Crippen molar-refractivity contribution in [1.82, 2.24) is 15.5 Å². The second-order valence-corrected chi connectivity index (χ2v) is 7.35. The Morgan fingerprint density at radius 3 is 2.63 bits per heavy atom. The Morgan fingerprint density at radius 1 is 1.11 bits per heavy atom. The summed E-state index contributed by atoms with van der Waals surface area (Å²) in [5.41, 5.74) is 1.91. The van der Waals surface area contributed by atoms with Crippen LogP contribution in [-0.2, 0) is 16.1 Å². The lowest BCUT2D eigenvalue weighted by Crippen LogP contribution is -2.52. The van der Waals surface area contributed by atoms with E-state index in [1.54, 1.807) is 18.2 Å². The number of urea groups is 1. The number of hydrogen-bond acceptors (Lipinski definition) is 4. The van der Waals surface area contributed by atoms with Crippen LogP contribution >= 0.6 is 0 Å². The largest absolute Gasteiger partial charge is 0.335 e. The Hall–Kier alpha value is -2.90. The van der Waals surface area contributed by atoms with Gasteiger partial charge in [0, 0.05) is 30.3 Å². The fraction of sp³-hybridized carbons (Fsp3) is 0.474. The minimum atomic E-state index is -0.635. The van der Waals surface area contributed by atoms with Crippen LogP contribution in [0.25, 0.3) is 0 Å². The zero-order chi connectivity index (χ0) is 19.0. The van der Waals surface area contributed by atoms with Crippen LogP contribution in [0, 0.1) is 0 Å². The van der Waals surface area contributed by atoms with E-state index in [9.17, 15) is 19.2 Å². The van der Waals surface area contributed by atoms with Gasteiger partial charge in [0.2, 0.25) is 11.8 Å². The summed E-state index contributed by atoms with van der Waals surface area (Å²) < 4.78 is 0. The normalized spacial score (nSPS) is 22.6. The molecular formula is C19H22N4O4. The Kier molecular flexibility index (Phi) is 4.55. The third-order valence-corrected chi connectivity index (χ3v) is 5.47. The van der Waals surface area contributed by atoms with Gasteiger partial charge in [-0.3, -0.25) is 19.7 Å². The van der Waals surface area contributed by atoms with Crippen LogP contribution in [0.5, 0.6) is 0 Å². The molecule has 0 spiro atoms. The Bertz CT molecular complexity index is 816. The van der Waals surface area contributed by atoms with E-state index in [1.807, 2.05) is 0 Å². The van der Waals surface area contributed by atoms with Crippen molar-refractivity contribution >= 4 is 29.4 Å². The first-order valence-corrected chi connectivity index (χ1v) is 9.36. The molecule has 142 valence electrons. The third kappa shape index (κ3) is 3.51. The summed E-state index contributed by atoms with van der Waals surface area (Å²) in [6.45, 7) is 0.292. The second-order valence-electron chi connectivity index (χ2n) is 7.35. The molecule has 8 nitrogen and oxygen atoms in total. The molecule has 1 saturated carbocycles. The third-order valence-electron chi connectivity index (χ3n) is 5.47. The van der Waals surface area contributed by atoms with Crippen LogP contribution in [-0.4, -0.2) is 40.7 Å². The number of carbonyl (C=O) groups excluding carboxylic acids is 4. The SMILES string of the molecule is O=C1CCC(N2Cc3cc(NC(=O)NC4CCCC4)ccc3C2=O)C(=O)N1. The maximum Gasteiger partial charge on any atom is 0.319 e. The van der Waals surface area contributed by atoms with E-state index in [2.05, 4.69) is 16.0 Å². The van der Waals surface area contributed by atoms with E-state index in [4.69, 9.17) is 0 Å². The molecule has 8 heteroatoms. The summed E-state index contributed by atoms with van der Waals surface area (Å²) in [4.78, 5) is 49.7. The highest BCUT2D eigenvalue weighted by molar-refractivity contribution is 6.05. The minimum Gasteiger partial charge on any atom is -0.335 e. The van der Waals surface area contributed by atoms with Gasteiger partial charge in [-0.15, -0.1) is 0 Å². The first-order valence-electron chi connectivity index (χ1n) is 9.36. The van der Waals surface area contributed by atoms with E-state index in [0.717, 1.165) is 31.2 Å². The van der Waals surface area contributed by atoms with Gasteiger partial charge in [0.15, 0.2) is 0 Å². The number of nitrogens with zero attached hydrogens (tertiary/aromatic N) is 1. The predicted molar refractivity (Wildman–Crippen MR) is 96.9 cm³/mol. The Morgan fingerprint density at radius 2 is 1.89 bits per heavy atom. The monoisotopic (exact) mass is 370 g/mol. The van der Waals surface area contributed by atoms with Gasteiger partial charge in [0.25, 0.3) is 5.91 Å². The fourth-order valence-electron chi connectivity index (χ4n) is 4.07. The number of fused-ring (bicyclic) bond motifs is 1. The molecule has 1 saturated heterocycles. The molecule has 1 unspecified atom stereocenters. The maximum atomic E-state index is 12.6. The summed E-state index contributed by atoms with van der Waals surface area (Å²) in [5, 5.41) is 8.07. The van der Waals surface area contributed by atoms with Crippen molar-refractivity contribution in [3.05, 3.63) is 29.3 Å². The van der Waals surface area contributed by atoms with Gasteiger partial charge in [-0.2, -0.15) is 0 Å². The summed E-state index contributed by atoms with van der Waals surface area (Å²) in [6.07, 6.45) is 4.86. The first-order chi connectivity index (χ1) is 13.0. The molecule has 2 fully saturated rings. The number of imide groups is 1. The molecule has 1 aliphatic carbocycles. The first kappa shape index (κ1) is 17.5. The van der Waals surface area contributed by atoms with Crippen LogP contribution in [0.15, 0.2) is 18.2 Å². The molecule has 5 amide bonds. The number of carbonyl (C=O) groups is 4. The van der Waals surface area contributed by atoms with Gasteiger partial charge in [-0.1, -0.05) is 12.8 Å². The zero-order valence-corrected chi connectivity index (χ0v) is 14.9. The van der Waals surface area contributed by atoms with E-state index in [-0.39, 0.29) is 30.3 Å². The van der Waals surface area contributed by atoms with Gasteiger partial charge >= 0.3 is 6.03 Å². The molecule has 0 aromatic heterocycles. The van der Waals surface area contributed by atoms with Crippen molar-refractivity contribution in [2.24, 2.45) is 0 Å². The van der Waals surface area contributed by atoms with E-state index in [1.165, 1.54) is 4.90 Å². The Labute approximate surface area is 156 Å². The van der Waals surface area contributed by atoms with Crippen LogP contribution in [0.3, 0.4) is 0 Å². The van der Waals surface area contributed by atoms with E-state index in [0.29, 0.717) is 24.2 Å². The van der Waals surface area contributed by atoms with Gasteiger partial charge in [0.05, 0.1) is 0 Å². The lowest BCUT2D eigenvalue weighted by Gasteiger charge is -2.29. The number of rotatable bonds is 3. The van der Waals surface area contributed by atoms with Crippen LogP contribution in [0.2, 0.25) is 0 Å². The summed E-state index contributed by atoms with van der Waals surface area (Å²) in [6, 6.07) is 4.49. The molecular weight excluding hydrogens is 348 g/mol. The minimum absolute atomic E-state index is 0.221. The summed E-state index contributed by atoms with van der Waals surface area (Å²) in [5.74, 6) is -0.955. The highest BCUT2D eigenvalue weighted by Gasteiger charge is 2.39. The highest BCUT2D eigenvalue weighted by atomic mass is 16.2. The Balaban J connectivity index is 1.43. The standard InChI is InChI=1S/C19H22N4O4/c24-16-8-7-15(17(25)22-16)23-10-11-9-13(5-6-14(11)18(23)26)21-19(27)20-12-3-1-2-4-12/h5-6,9,12,15H,1-4,7-8,10H2,(H2,20,21,27)(H,22,24,25). The number of amides is 5. The molecule has 0 radical (unpaired) electrons. The second kappa shape index (κ2) is 7.02. The van der Waals surface area contributed by atoms with Crippen LogP contribution in [0.1, 0.15) is 54.4 Å². The molecule has 2 heterocycles. The lowest BCUT2D eigenvalue weighted by atomic mass is 10.0. The predicted octanol–water partition coefficient (Wildman–Crippen LogP) is 1.51. The summed E-state index contributed by atoms with van der Waals surface area (Å²) in [7, 11) is 0. The highest BCUT2D eigenvalue weighted by Crippen LogP contribution is 2.29. The van der Waals surface area contributed by atoms with Crippen molar-refractivity contribution < 1.29 is 19.2 Å². The average molecular weight is 370 g/mol. The fourth-order valence-corrected chi connectivity index (χ4v) is 4.07. The van der Waals surface area contributed by atoms with Crippen LogP contribution < -0.4 is 16.0 Å². The van der Waals surface area contributed by atoms with Crippen molar-refractivity contribution in [2.75, 3.05) is 5.32 Å². The van der Waals surface area contributed by atoms with Gasteiger partial charge in [-0.25, -0.2) is 4.79 Å². The van der Waals surface area contributed by atoms with Gasteiger partial charge in [-0.05, 0) is 43.0 Å². The van der Waals surface area contributed by atoms with E-state index >= 15 is 0 Å². The quantitative estimate of drug-likeness (QED) is 0.701. The van der Waals surface area contributed by atoms with Gasteiger partial charge < -0.3 is 15.5 Å². The molecule has 3 N–H and O–H groups in total. The summed E-state index contributed by atoms with van der Waals surface area (Å²) >= 11 is 0. The van der Waals surface area contributed by atoms with Gasteiger partial charge in [0.1, 0.15) is 6.04 Å². The van der Waals surface area contributed by atoms with Crippen LogP contribution in [0.4, 0.5) is 10.5 Å². The average Bonchev–Trinajstić information content (AvgIpc) is 3.23. The molecule has 4 rings (SSSR count). The molecule has 3 aliphatic rings. The number of piperidine rings is 1. The molecule has 0 bridgehead atoms. The zero-order valence-electron chi connectivity index (χ0n) is 14.9. The van der Waals surface area contributed by atoms with Crippen molar-refractivity contribution in [3.63, 3.8) is 0 Å². The molecule has 27 heavy (non-hydrogen) atoms. The van der Waals surface area contributed by atoms with Crippen molar-refractivity contribution in [2.45, 2.75) is 57.2 Å². The van der Waals surface area contributed by atoms with E-state index < -0.39 is 11.9 Å². The number of nitrogens with one attached hydrogen (secondary N) is 3. The number of hydrogen-bond donors (Lipinski definition) is 3. The lowest BCUT2D eigenvalue weighted by molar-refractivity contribution is -0.136. The van der Waals surface area contributed by atoms with Crippen molar-refractivity contribution in [1.29, 1.82) is 0 Å². The smallest absolute Gasteiger partial charge is 0.319 e. The maximum absolute atomic E-state index is 12.6. The topological polar surface area (TPSA) is 108 Å². The number of benzene rings is 1. The molecule has 1 aromatic rings. The molecule has 1 aromatic carbocycles. The molecule has 2 aliphatic heterocycles. The molecule has 1 atom stereocenters. The number of anilines is 1.